The highest BCUT2D eigenvalue weighted by atomic mass is 16.2. The maximum Gasteiger partial charge on any atom is 0.249 e. The van der Waals surface area contributed by atoms with Crippen molar-refractivity contribution in [1.82, 2.24) is 20.0 Å². The molecule has 1 aliphatic rings. The predicted molar refractivity (Wildman–Crippen MR) is 121 cm³/mol. The Morgan fingerprint density at radius 1 is 1.19 bits per heavy atom. The van der Waals surface area contributed by atoms with E-state index >= 15 is 0 Å². The fourth-order valence-electron chi connectivity index (χ4n) is 3.96. The summed E-state index contributed by atoms with van der Waals surface area (Å²) in [6, 6.07) is -0.713. The van der Waals surface area contributed by atoms with Crippen LogP contribution in [0.4, 0.5) is 0 Å². The Bertz CT molecular complexity index is 662. The van der Waals surface area contributed by atoms with Crippen LogP contribution in [0.25, 0.3) is 0 Å². The topological polar surface area (TPSA) is 90.0 Å². The molecule has 0 aliphatic carbocycles. The second-order valence-electron chi connectivity index (χ2n) is 8.71. The van der Waals surface area contributed by atoms with Crippen molar-refractivity contribution in [2.45, 2.75) is 71.9 Å². The van der Waals surface area contributed by atoms with Crippen LogP contribution < -0.4 is 5.32 Å². The first-order valence-electron chi connectivity index (χ1n) is 11.3. The average Bonchev–Trinajstić information content (AvgIpc) is 3.23. The molecule has 2 atom stereocenters. The van der Waals surface area contributed by atoms with Crippen molar-refractivity contribution < 1.29 is 19.2 Å². The first kappa shape index (κ1) is 26.7. The maximum absolute atomic E-state index is 13.2. The summed E-state index contributed by atoms with van der Waals surface area (Å²) >= 11 is 0. The molecule has 0 aromatic heterocycles. The number of unbranched alkanes of at least 4 members (excludes halogenated alkanes) is 2. The fourth-order valence-corrected chi connectivity index (χ4v) is 3.96. The van der Waals surface area contributed by atoms with E-state index in [2.05, 4.69) is 12.2 Å². The van der Waals surface area contributed by atoms with E-state index in [0.717, 1.165) is 25.7 Å². The summed E-state index contributed by atoms with van der Waals surface area (Å²) in [5.41, 5.74) is 0.523. The molecule has 0 saturated carbocycles. The zero-order valence-electron chi connectivity index (χ0n) is 20.0. The zero-order valence-corrected chi connectivity index (χ0v) is 20.0. The highest BCUT2D eigenvalue weighted by molar-refractivity contribution is 5.97. The summed E-state index contributed by atoms with van der Waals surface area (Å²) < 4.78 is 0. The third-order valence-corrected chi connectivity index (χ3v) is 5.89. The van der Waals surface area contributed by atoms with Crippen LogP contribution in [0.5, 0.6) is 0 Å². The monoisotopic (exact) mass is 436 g/mol. The van der Waals surface area contributed by atoms with Crippen molar-refractivity contribution in [3.8, 4) is 0 Å². The van der Waals surface area contributed by atoms with E-state index in [9.17, 15) is 19.2 Å². The van der Waals surface area contributed by atoms with E-state index in [-0.39, 0.29) is 36.2 Å². The van der Waals surface area contributed by atoms with Crippen LogP contribution in [-0.2, 0) is 19.2 Å². The Balaban J connectivity index is 2.92. The van der Waals surface area contributed by atoms with Gasteiger partial charge in [0.05, 0.1) is 12.6 Å². The zero-order chi connectivity index (χ0) is 23.6. The van der Waals surface area contributed by atoms with Gasteiger partial charge < -0.3 is 20.0 Å². The summed E-state index contributed by atoms with van der Waals surface area (Å²) in [7, 11) is 3.48. The molecule has 4 amide bonds. The van der Waals surface area contributed by atoms with Crippen LogP contribution in [-0.4, -0.2) is 84.6 Å². The van der Waals surface area contributed by atoms with Gasteiger partial charge in [0.1, 0.15) is 6.04 Å². The third kappa shape index (κ3) is 7.67. The lowest BCUT2D eigenvalue weighted by atomic mass is 9.99. The van der Waals surface area contributed by atoms with Crippen molar-refractivity contribution in [2.24, 2.45) is 5.92 Å². The van der Waals surface area contributed by atoms with Gasteiger partial charge in [0.25, 0.3) is 0 Å². The molecule has 1 aliphatic heterocycles. The SMILES string of the molecule is CCCCCN(C)C(=O)[C@@H]1CCCN1C(=O)C(C)=C[C@H](C(C)C)N(C)C(=O)CNC=O. The van der Waals surface area contributed by atoms with Crippen molar-refractivity contribution in [2.75, 3.05) is 33.7 Å². The van der Waals surface area contributed by atoms with Gasteiger partial charge in [-0.25, -0.2) is 0 Å². The highest BCUT2D eigenvalue weighted by Crippen LogP contribution is 2.23. The maximum atomic E-state index is 13.2. The molecule has 0 spiro atoms. The molecule has 0 bridgehead atoms. The van der Waals surface area contributed by atoms with E-state index in [1.165, 1.54) is 0 Å². The van der Waals surface area contributed by atoms with E-state index in [0.29, 0.717) is 31.5 Å². The lowest BCUT2D eigenvalue weighted by Crippen LogP contribution is -2.47. The van der Waals surface area contributed by atoms with E-state index < -0.39 is 6.04 Å². The van der Waals surface area contributed by atoms with Crippen LogP contribution in [0.15, 0.2) is 11.6 Å². The summed E-state index contributed by atoms with van der Waals surface area (Å²) in [5.74, 6) is -0.309. The van der Waals surface area contributed by atoms with Gasteiger partial charge in [0.15, 0.2) is 0 Å². The van der Waals surface area contributed by atoms with Crippen LogP contribution in [0.3, 0.4) is 0 Å². The van der Waals surface area contributed by atoms with E-state index in [4.69, 9.17) is 0 Å². The molecule has 1 fully saturated rings. The second-order valence-corrected chi connectivity index (χ2v) is 8.71. The number of nitrogens with zero attached hydrogens (tertiary/aromatic N) is 3. The Morgan fingerprint density at radius 3 is 2.45 bits per heavy atom. The number of hydrogen-bond donors (Lipinski definition) is 1. The molecule has 1 rings (SSSR count). The summed E-state index contributed by atoms with van der Waals surface area (Å²) in [6.07, 6.45) is 6.92. The Labute approximate surface area is 187 Å². The van der Waals surface area contributed by atoms with Crippen LogP contribution >= 0.6 is 0 Å². The second kappa shape index (κ2) is 13.1. The van der Waals surface area contributed by atoms with Gasteiger partial charge in [-0.05, 0) is 32.1 Å². The van der Waals surface area contributed by atoms with Crippen molar-refractivity contribution in [1.29, 1.82) is 0 Å². The van der Waals surface area contributed by atoms with Crippen molar-refractivity contribution in [3.63, 3.8) is 0 Å². The third-order valence-electron chi connectivity index (χ3n) is 5.89. The molecule has 0 unspecified atom stereocenters. The average molecular weight is 437 g/mol. The molecule has 176 valence electrons. The molecule has 0 aromatic carbocycles. The highest BCUT2D eigenvalue weighted by Gasteiger charge is 2.36. The van der Waals surface area contributed by atoms with Crippen LogP contribution in [0.2, 0.25) is 0 Å². The van der Waals surface area contributed by atoms with Gasteiger partial charge in [0.2, 0.25) is 24.1 Å². The standard InChI is InChI=1S/C23H40N4O4/c1-7-8-9-12-25(5)23(31)19-11-10-13-27(19)22(30)18(4)14-20(17(2)3)26(6)21(29)15-24-16-28/h14,16-17,19-20H,7-13,15H2,1-6H3,(H,24,28)/t19-,20+/m0/s1. The number of nitrogens with one attached hydrogen (secondary N) is 1. The summed E-state index contributed by atoms with van der Waals surface area (Å²) in [5, 5.41) is 2.38. The predicted octanol–water partition coefficient (Wildman–Crippen LogP) is 1.80. The Hall–Kier alpha value is -2.38. The largest absolute Gasteiger partial charge is 0.350 e. The van der Waals surface area contributed by atoms with Gasteiger partial charge in [-0.2, -0.15) is 0 Å². The lowest BCUT2D eigenvalue weighted by molar-refractivity contribution is -0.141. The number of carbonyl (C=O) groups excluding carboxylic acids is 4. The molecule has 8 heteroatoms. The number of rotatable bonds is 12. The molecule has 0 aromatic rings. The molecule has 31 heavy (non-hydrogen) atoms. The minimum atomic E-state index is -0.420. The molecule has 1 heterocycles. The van der Waals surface area contributed by atoms with Gasteiger partial charge in [0, 0.05) is 32.8 Å². The van der Waals surface area contributed by atoms with E-state index in [1.54, 1.807) is 34.7 Å². The molecular formula is C23H40N4O4. The van der Waals surface area contributed by atoms with E-state index in [1.807, 2.05) is 20.9 Å². The van der Waals surface area contributed by atoms with Crippen LogP contribution in [0, 0.1) is 5.92 Å². The first-order valence-corrected chi connectivity index (χ1v) is 11.3. The normalized spacial score (nSPS) is 17.5. The molecule has 1 N–H and O–H groups in total. The first-order chi connectivity index (χ1) is 14.6. The number of likely N-dealkylation sites (tertiary alicyclic amines) is 1. The minimum absolute atomic E-state index is 0.00222. The molecule has 1 saturated heterocycles. The van der Waals surface area contributed by atoms with Gasteiger partial charge in [-0.3, -0.25) is 19.2 Å². The smallest absolute Gasteiger partial charge is 0.249 e. The van der Waals surface area contributed by atoms with Gasteiger partial charge in [-0.15, -0.1) is 0 Å². The molecule has 0 radical (unpaired) electrons. The Morgan fingerprint density at radius 2 is 1.87 bits per heavy atom. The Kier molecular flexibility index (Phi) is 11.3. The fraction of sp³-hybridized carbons (Fsp3) is 0.739. The van der Waals surface area contributed by atoms with Crippen LogP contribution in [0.1, 0.15) is 59.8 Å². The van der Waals surface area contributed by atoms with Gasteiger partial charge >= 0.3 is 0 Å². The lowest BCUT2D eigenvalue weighted by Gasteiger charge is -2.31. The minimum Gasteiger partial charge on any atom is -0.350 e. The summed E-state index contributed by atoms with van der Waals surface area (Å²) in [6.45, 7) is 9.00. The van der Waals surface area contributed by atoms with Crippen molar-refractivity contribution >= 4 is 24.1 Å². The molecule has 8 nitrogen and oxygen atoms in total. The quantitative estimate of drug-likeness (QED) is 0.287. The number of amides is 4. The number of carbonyl (C=O) groups is 4. The number of hydrogen-bond acceptors (Lipinski definition) is 4. The number of likely N-dealkylation sites (N-methyl/N-ethyl adjacent to an activating group) is 2. The summed E-state index contributed by atoms with van der Waals surface area (Å²) in [4.78, 5) is 53.9. The van der Waals surface area contributed by atoms with Gasteiger partial charge in [-0.1, -0.05) is 39.7 Å². The van der Waals surface area contributed by atoms with Crippen molar-refractivity contribution in [3.05, 3.63) is 11.6 Å². The molecular weight excluding hydrogens is 396 g/mol.